The van der Waals surface area contributed by atoms with Gasteiger partial charge in [-0.2, -0.15) is 0 Å². The molecule has 0 aromatic heterocycles. The van der Waals surface area contributed by atoms with Gasteiger partial charge in [0.1, 0.15) is 0 Å². The molecule has 5 heteroatoms. The zero-order chi connectivity index (χ0) is 14.7. The molecule has 2 aromatic carbocycles. The molecular weight excluding hydrogens is 405 g/mol. The quantitative estimate of drug-likeness (QED) is 0.677. The summed E-state index contributed by atoms with van der Waals surface area (Å²) < 4.78 is 1.73. The van der Waals surface area contributed by atoms with Crippen LogP contribution < -0.4 is 0 Å². The van der Waals surface area contributed by atoms with E-state index in [2.05, 4.69) is 31.9 Å². The Labute approximate surface area is 140 Å². The van der Waals surface area contributed by atoms with E-state index < -0.39 is 0 Å². The Bertz CT molecular complexity index is 646. The van der Waals surface area contributed by atoms with Crippen molar-refractivity contribution in [2.45, 2.75) is 6.54 Å². The lowest BCUT2D eigenvalue weighted by atomic mass is 10.1. The second-order valence-corrected chi connectivity index (χ2v) is 6.60. The summed E-state index contributed by atoms with van der Waals surface area (Å²) in [5, 5.41) is 0.594. The molecule has 104 valence electrons. The largest absolute Gasteiger partial charge is 0.337 e. The molecule has 0 saturated carbocycles. The van der Waals surface area contributed by atoms with Gasteiger partial charge in [0.15, 0.2) is 0 Å². The van der Waals surface area contributed by atoms with Crippen LogP contribution in [0.5, 0.6) is 0 Å². The molecule has 2 rings (SSSR count). The number of benzene rings is 2. The fourth-order valence-electron chi connectivity index (χ4n) is 1.83. The minimum absolute atomic E-state index is 0.0395. The molecule has 0 unspecified atom stereocenters. The normalized spacial score (nSPS) is 10.4. The predicted octanol–water partition coefficient (Wildman–Crippen LogP) is 5.14. The van der Waals surface area contributed by atoms with Crippen LogP contribution in [0, 0.1) is 0 Å². The summed E-state index contributed by atoms with van der Waals surface area (Å²) in [7, 11) is 1.78. The number of hydrogen-bond acceptors (Lipinski definition) is 1. The average Bonchev–Trinajstić information content (AvgIpc) is 2.41. The van der Waals surface area contributed by atoms with E-state index in [4.69, 9.17) is 11.6 Å². The van der Waals surface area contributed by atoms with Crippen molar-refractivity contribution in [1.29, 1.82) is 0 Å². The number of rotatable bonds is 3. The number of amides is 1. The van der Waals surface area contributed by atoms with E-state index in [-0.39, 0.29) is 5.91 Å². The van der Waals surface area contributed by atoms with E-state index in [1.165, 1.54) is 0 Å². The van der Waals surface area contributed by atoms with Crippen molar-refractivity contribution in [3.8, 4) is 0 Å². The van der Waals surface area contributed by atoms with E-state index in [0.717, 1.165) is 14.5 Å². The molecule has 0 radical (unpaired) electrons. The number of halogens is 3. The third-order valence-electron chi connectivity index (χ3n) is 2.82. The summed E-state index contributed by atoms with van der Waals surface area (Å²) in [6.07, 6.45) is 0. The summed E-state index contributed by atoms with van der Waals surface area (Å²) >= 11 is 12.7. The monoisotopic (exact) mass is 415 g/mol. The van der Waals surface area contributed by atoms with E-state index in [9.17, 15) is 4.79 Å². The molecule has 0 aliphatic heterocycles. The summed E-state index contributed by atoms with van der Waals surface area (Å²) in [5.41, 5.74) is 1.68. The Morgan fingerprint density at radius 3 is 2.60 bits per heavy atom. The van der Waals surface area contributed by atoms with Crippen LogP contribution in [-0.4, -0.2) is 17.9 Å². The lowest BCUT2D eigenvalue weighted by molar-refractivity contribution is 0.0785. The van der Waals surface area contributed by atoms with E-state index in [0.29, 0.717) is 17.1 Å². The van der Waals surface area contributed by atoms with E-state index >= 15 is 0 Å². The first-order chi connectivity index (χ1) is 9.47. The van der Waals surface area contributed by atoms with Crippen LogP contribution in [-0.2, 0) is 6.54 Å². The topological polar surface area (TPSA) is 20.3 Å². The van der Waals surface area contributed by atoms with Crippen molar-refractivity contribution in [2.75, 3.05) is 7.05 Å². The highest BCUT2D eigenvalue weighted by molar-refractivity contribution is 9.10. The van der Waals surface area contributed by atoms with Crippen LogP contribution in [0.3, 0.4) is 0 Å². The highest BCUT2D eigenvalue weighted by Gasteiger charge is 2.13. The standard InChI is InChI=1S/C15H12Br2ClNO/c1-19(9-10-3-2-4-12(16)7-10)15(20)11-5-6-14(18)13(17)8-11/h2-8H,9H2,1H3. The zero-order valence-electron chi connectivity index (χ0n) is 10.7. The Kier molecular flexibility index (Phi) is 5.24. The fourth-order valence-corrected chi connectivity index (χ4v) is 2.77. The van der Waals surface area contributed by atoms with Gasteiger partial charge in [0.05, 0.1) is 5.02 Å². The molecule has 0 aliphatic carbocycles. The van der Waals surface area contributed by atoms with Crippen molar-refractivity contribution in [3.05, 3.63) is 67.6 Å². The van der Waals surface area contributed by atoms with Crippen LogP contribution >= 0.6 is 43.5 Å². The number of carbonyl (C=O) groups is 1. The smallest absolute Gasteiger partial charge is 0.253 e. The van der Waals surface area contributed by atoms with Crippen LogP contribution in [0.4, 0.5) is 0 Å². The molecule has 0 N–H and O–H groups in total. The average molecular weight is 418 g/mol. The van der Waals surface area contributed by atoms with Crippen molar-refractivity contribution in [3.63, 3.8) is 0 Å². The predicted molar refractivity (Wildman–Crippen MR) is 89.1 cm³/mol. The third-order valence-corrected chi connectivity index (χ3v) is 4.53. The van der Waals surface area contributed by atoms with Gasteiger partial charge in [0.25, 0.3) is 5.91 Å². The van der Waals surface area contributed by atoms with Gasteiger partial charge in [-0.15, -0.1) is 0 Å². The second kappa shape index (κ2) is 6.74. The van der Waals surface area contributed by atoms with Gasteiger partial charge in [-0.05, 0) is 51.8 Å². The molecule has 0 saturated heterocycles. The summed E-state index contributed by atoms with van der Waals surface area (Å²) in [6, 6.07) is 13.1. The fraction of sp³-hybridized carbons (Fsp3) is 0.133. The van der Waals surface area contributed by atoms with Gasteiger partial charge in [0.2, 0.25) is 0 Å². The number of carbonyl (C=O) groups excluding carboxylic acids is 1. The van der Waals surface area contributed by atoms with Crippen molar-refractivity contribution in [1.82, 2.24) is 4.90 Å². The van der Waals surface area contributed by atoms with Gasteiger partial charge in [-0.3, -0.25) is 4.79 Å². The lowest BCUT2D eigenvalue weighted by Gasteiger charge is -2.18. The molecule has 1 amide bonds. The molecule has 2 nitrogen and oxygen atoms in total. The Morgan fingerprint density at radius 1 is 1.20 bits per heavy atom. The SMILES string of the molecule is CN(Cc1cccc(Br)c1)C(=O)c1ccc(Cl)c(Br)c1. The molecule has 0 fully saturated rings. The highest BCUT2D eigenvalue weighted by atomic mass is 79.9. The molecule has 20 heavy (non-hydrogen) atoms. The van der Waals surface area contributed by atoms with Gasteiger partial charge in [0, 0.05) is 28.1 Å². The Morgan fingerprint density at radius 2 is 1.95 bits per heavy atom. The molecule has 0 heterocycles. The Hall–Kier alpha value is -0.840. The second-order valence-electron chi connectivity index (χ2n) is 4.42. The van der Waals surface area contributed by atoms with E-state index in [1.807, 2.05) is 24.3 Å². The van der Waals surface area contributed by atoms with Gasteiger partial charge < -0.3 is 4.90 Å². The van der Waals surface area contributed by atoms with Crippen molar-refractivity contribution < 1.29 is 4.79 Å². The van der Waals surface area contributed by atoms with Crippen LogP contribution in [0.2, 0.25) is 5.02 Å². The molecule has 0 atom stereocenters. The van der Waals surface area contributed by atoms with Crippen molar-refractivity contribution >= 4 is 49.4 Å². The molecule has 0 spiro atoms. The first-order valence-corrected chi connectivity index (χ1v) is 7.89. The van der Waals surface area contributed by atoms with Gasteiger partial charge in [-0.1, -0.05) is 39.7 Å². The summed E-state index contributed by atoms with van der Waals surface area (Å²) in [6.45, 7) is 0.554. The lowest BCUT2D eigenvalue weighted by Crippen LogP contribution is -2.26. The van der Waals surface area contributed by atoms with Gasteiger partial charge >= 0.3 is 0 Å². The first-order valence-electron chi connectivity index (χ1n) is 5.92. The number of hydrogen-bond donors (Lipinski definition) is 0. The molecule has 2 aromatic rings. The van der Waals surface area contributed by atoms with Crippen LogP contribution in [0.25, 0.3) is 0 Å². The van der Waals surface area contributed by atoms with E-state index in [1.54, 1.807) is 30.1 Å². The highest BCUT2D eigenvalue weighted by Crippen LogP contribution is 2.24. The first kappa shape index (κ1) is 15.5. The minimum atomic E-state index is -0.0395. The molecule has 0 bridgehead atoms. The maximum absolute atomic E-state index is 12.3. The zero-order valence-corrected chi connectivity index (χ0v) is 14.7. The summed E-state index contributed by atoms with van der Waals surface area (Å²) in [4.78, 5) is 14.0. The maximum Gasteiger partial charge on any atom is 0.253 e. The molecular formula is C15H12Br2ClNO. The Balaban J connectivity index is 2.14. The van der Waals surface area contributed by atoms with Crippen molar-refractivity contribution in [2.24, 2.45) is 0 Å². The van der Waals surface area contributed by atoms with Crippen LogP contribution in [0.15, 0.2) is 51.4 Å². The number of nitrogens with zero attached hydrogens (tertiary/aromatic N) is 1. The molecule has 0 aliphatic rings. The van der Waals surface area contributed by atoms with Gasteiger partial charge in [-0.25, -0.2) is 0 Å². The van der Waals surface area contributed by atoms with Crippen LogP contribution in [0.1, 0.15) is 15.9 Å². The maximum atomic E-state index is 12.3. The summed E-state index contributed by atoms with van der Waals surface area (Å²) in [5.74, 6) is -0.0395. The minimum Gasteiger partial charge on any atom is -0.337 e. The third kappa shape index (κ3) is 3.84.